The Kier molecular flexibility index (Phi) is 3.66. The van der Waals surface area contributed by atoms with Gasteiger partial charge in [-0.15, -0.1) is 0 Å². The largest absolute Gasteiger partial charge is 0.438 e. The number of ether oxygens (including phenoxy) is 1. The standard InChI is InChI=1S/C16H9BrFNO2/c17-13-6-5-12(8-14(13)18)21-16-11(9-20)7-10-3-1-2-4-15(10)19-16/h1-9H. The van der Waals surface area contributed by atoms with Gasteiger partial charge in [0.1, 0.15) is 11.6 Å². The Hall–Kier alpha value is -2.27. The predicted octanol–water partition coefficient (Wildman–Crippen LogP) is 4.74. The van der Waals surface area contributed by atoms with Gasteiger partial charge in [0.2, 0.25) is 5.88 Å². The van der Waals surface area contributed by atoms with Gasteiger partial charge >= 0.3 is 0 Å². The lowest BCUT2D eigenvalue weighted by Gasteiger charge is -2.09. The van der Waals surface area contributed by atoms with Gasteiger partial charge in [-0.2, -0.15) is 0 Å². The van der Waals surface area contributed by atoms with E-state index in [0.29, 0.717) is 21.8 Å². The predicted molar refractivity (Wildman–Crippen MR) is 81.3 cm³/mol. The van der Waals surface area contributed by atoms with Crippen molar-refractivity contribution in [3.05, 3.63) is 64.4 Å². The van der Waals surface area contributed by atoms with E-state index in [0.717, 1.165) is 5.39 Å². The highest BCUT2D eigenvalue weighted by Crippen LogP contribution is 2.28. The van der Waals surface area contributed by atoms with Crippen molar-refractivity contribution in [3.8, 4) is 11.6 Å². The molecule has 0 amide bonds. The third-order valence-corrected chi connectivity index (χ3v) is 3.59. The minimum Gasteiger partial charge on any atom is -0.438 e. The van der Waals surface area contributed by atoms with Crippen LogP contribution >= 0.6 is 15.9 Å². The zero-order valence-electron chi connectivity index (χ0n) is 10.7. The van der Waals surface area contributed by atoms with Gasteiger partial charge in [-0.05, 0) is 40.2 Å². The fourth-order valence-corrected chi connectivity index (χ4v) is 2.18. The van der Waals surface area contributed by atoms with Gasteiger partial charge in [0.25, 0.3) is 0 Å². The summed E-state index contributed by atoms with van der Waals surface area (Å²) in [7, 11) is 0. The number of carbonyl (C=O) groups is 1. The summed E-state index contributed by atoms with van der Waals surface area (Å²) in [6.45, 7) is 0. The van der Waals surface area contributed by atoms with E-state index in [-0.39, 0.29) is 11.6 Å². The van der Waals surface area contributed by atoms with Crippen molar-refractivity contribution in [1.82, 2.24) is 4.98 Å². The van der Waals surface area contributed by atoms with E-state index in [1.165, 1.54) is 12.1 Å². The summed E-state index contributed by atoms with van der Waals surface area (Å²) < 4.78 is 19.4. The van der Waals surface area contributed by atoms with Crippen LogP contribution in [-0.4, -0.2) is 11.3 Å². The molecule has 0 aliphatic carbocycles. The topological polar surface area (TPSA) is 39.2 Å². The van der Waals surface area contributed by atoms with Crippen molar-refractivity contribution in [3.63, 3.8) is 0 Å². The third kappa shape index (κ3) is 2.78. The van der Waals surface area contributed by atoms with Crippen molar-refractivity contribution < 1.29 is 13.9 Å². The number of fused-ring (bicyclic) bond motifs is 1. The second-order valence-corrected chi connectivity index (χ2v) is 5.23. The van der Waals surface area contributed by atoms with E-state index in [1.54, 1.807) is 12.1 Å². The van der Waals surface area contributed by atoms with E-state index in [9.17, 15) is 9.18 Å². The molecule has 0 atom stereocenters. The summed E-state index contributed by atoms with van der Waals surface area (Å²) in [6.07, 6.45) is 0.671. The van der Waals surface area contributed by atoms with Crippen molar-refractivity contribution in [1.29, 1.82) is 0 Å². The van der Waals surface area contributed by atoms with Crippen molar-refractivity contribution in [2.45, 2.75) is 0 Å². The molecule has 0 N–H and O–H groups in total. The van der Waals surface area contributed by atoms with Crippen LogP contribution in [0.1, 0.15) is 10.4 Å². The van der Waals surface area contributed by atoms with Crippen molar-refractivity contribution in [2.24, 2.45) is 0 Å². The highest BCUT2D eigenvalue weighted by atomic mass is 79.9. The first-order chi connectivity index (χ1) is 10.2. The first kappa shape index (κ1) is 13.7. The van der Waals surface area contributed by atoms with Gasteiger partial charge in [0, 0.05) is 11.5 Å². The molecule has 0 unspecified atom stereocenters. The Morgan fingerprint density at radius 1 is 1.14 bits per heavy atom. The lowest BCUT2D eigenvalue weighted by molar-refractivity contribution is 0.112. The normalized spacial score (nSPS) is 10.6. The van der Waals surface area contributed by atoms with Crippen LogP contribution in [0.15, 0.2) is 53.0 Å². The molecule has 0 spiro atoms. The van der Waals surface area contributed by atoms with Crippen LogP contribution in [0.5, 0.6) is 11.6 Å². The smallest absolute Gasteiger partial charge is 0.230 e. The van der Waals surface area contributed by atoms with Crippen LogP contribution in [0.3, 0.4) is 0 Å². The quantitative estimate of drug-likeness (QED) is 0.643. The van der Waals surface area contributed by atoms with Crippen LogP contribution in [0.25, 0.3) is 10.9 Å². The second-order valence-electron chi connectivity index (χ2n) is 4.37. The fraction of sp³-hybridized carbons (Fsp3) is 0. The maximum Gasteiger partial charge on any atom is 0.230 e. The van der Waals surface area contributed by atoms with Gasteiger partial charge in [0.15, 0.2) is 6.29 Å². The molecule has 0 radical (unpaired) electrons. The van der Waals surface area contributed by atoms with E-state index < -0.39 is 5.82 Å². The third-order valence-electron chi connectivity index (χ3n) is 2.95. The van der Waals surface area contributed by atoms with E-state index in [4.69, 9.17) is 4.74 Å². The molecule has 104 valence electrons. The molecule has 21 heavy (non-hydrogen) atoms. The highest BCUT2D eigenvalue weighted by molar-refractivity contribution is 9.10. The lowest BCUT2D eigenvalue weighted by Crippen LogP contribution is -1.95. The SMILES string of the molecule is O=Cc1cc2ccccc2nc1Oc1ccc(Br)c(F)c1. The average molecular weight is 346 g/mol. The Balaban J connectivity index is 2.06. The van der Waals surface area contributed by atoms with Gasteiger partial charge in [-0.25, -0.2) is 9.37 Å². The van der Waals surface area contributed by atoms with Crippen molar-refractivity contribution >= 4 is 33.1 Å². The number of aldehydes is 1. The summed E-state index contributed by atoms with van der Waals surface area (Å²) in [6, 6.07) is 13.4. The van der Waals surface area contributed by atoms with E-state index >= 15 is 0 Å². The molecule has 2 aromatic carbocycles. The van der Waals surface area contributed by atoms with E-state index in [1.807, 2.05) is 24.3 Å². The number of rotatable bonds is 3. The summed E-state index contributed by atoms with van der Waals surface area (Å²) in [5, 5.41) is 0.842. The van der Waals surface area contributed by atoms with Crippen LogP contribution in [0, 0.1) is 5.82 Å². The van der Waals surface area contributed by atoms with Crippen molar-refractivity contribution in [2.75, 3.05) is 0 Å². The lowest BCUT2D eigenvalue weighted by atomic mass is 10.1. The molecule has 1 aromatic heterocycles. The molecular weight excluding hydrogens is 337 g/mol. The fourth-order valence-electron chi connectivity index (χ4n) is 1.93. The van der Waals surface area contributed by atoms with Crippen LogP contribution in [-0.2, 0) is 0 Å². The molecule has 0 saturated heterocycles. The van der Waals surface area contributed by atoms with Gasteiger partial charge in [-0.1, -0.05) is 18.2 Å². The van der Waals surface area contributed by atoms with Gasteiger partial charge in [0.05, 0.1) is 15.6 Å². The summed E-state index contributed by atoms with van der Waals surface area (Å²) >= 11 is 3.07. The average Bonchev–Trinajstić information content (AvgIpc) is 2.50. The molecule has 0 bridgehead atoms. The minimum atomic E-state index is -0.444. The molecule has 3 nitrogen and oxygen atoms in total. The minimum absolute atomic E-state index is 0.158. The molecule has 5 heteroatoms. The maximum absolute atomic E-state index is 13.5. The number of benzene rings is 2. The zero-order chi connectivity index (χ0) is 14.8. The molecule has 1 heterocycles. The number of nitrogens with zero attached hydrogens (tertiary/aromatic N) is 1. The zero-order valence-corrected chi connectivity index (χ0v) is 12.3. The monoisotopic (exact) mass is 345 g/mol. The van der Waals surface area contributed by atoms with Gasteiger partial charge in [-0.3, -0.25) is 4.79 Å². The molecule has 0 aliphatic heterocycles. The summed E-state index contributed by atoms with van der Waals surface area (Å²) in [5.74, 6) is -0.00653. The van der Waals surface area contributed by atoms with Crippen LogP contribution < -0.4 is 4.74 Å². The Morgan fingerprint density at radius 3 is 2.71 bits per heavy atom. The number of pyridine rings is 1. The van der Waals surface area contributed by atoms with Crippen LogP contribution in [0.2, 0.25) is 0 Å². The number of para-hydroxylation sites is 1. The molecule has 3 aromatic rings. The number of hydrogen-bond acceptors (Lipinski definition) is 3. The molecule has 0 saturated carbocycles. The molecule has 0 fully saturated rings. The first-order valence-corrected chi connectivity index (χ1v) is 6.94. The second kappa shape index (κ2) is 5.61. The van der Waals surface area contributed by atoms with Crippen LogP contribution in [0.4, 0.5) is 4.39 Å². The number of hydrogen-bond donors (Lipinski definition) is 0. The Morgan fingerprint density at radius 2 is 1.95 bits per heavy atom. The summed E-state index contributed by atoms with van der Waals surface area (Å²) in [4.78, 5) is 15.5. The number of halogens is 2. The maximum atomic E-state index is 13.5. The first-order valence-electron chi connectivity index (χ1n) is 6.15. The van der Waals surface area contributed by atoms with E-state index in [2.05, 4.69) is 20.9 Å². The number of carbonyl (C=O) groups excluding carboxylic acids is 1. The molecule has 3 rings (SSSR count). The molecule has 0 aliphatic rings. The number of aromatic nitrogens is 1. The molecular formula is C16H9BrFNO2. The van der Waals surface area contributed by atoms with Gasteiger partial charge < -0.3 is 4.74 Å². The Labute approximate surface area is 128 Å². The highest BCUT2D eigenvalue weighted by Gasteiger charge is 2.10. The Bertz CT molecular complexity index is 836. The summed E-state index contributed by atoms with van der Waals surface area (Å²) in [5.41, 5.74) is 1.02.